The summed E-state index contributed by atoms with van der Waals surface area (Å²) in [5.74, 6) is -0.0575. The molecule has 0 aliphatic rings. The minimum atomic E-state index is -4.54. The lowest BCUT2D eigenvalue weighted by molar-refractivity contribution is -0.141. The van der Waals surface area contributed by atoms with Crippen molar-refractivity contribution >= 4 is 5.95 Å². The number of rotatable bonds is 4. The maximum Gasteiger partial charge on any atom is 0.433 e. The number of nitrogens with zero attached hydrogens (tertiary/aromatic N) is 5. The Morgan fingerprint density at radius 2 is 2.05 bits per heavy atom. The quantitative estimate of drug-likeness (QED) is 0.932. The average molecular weight is 286 g/mol. The van der Waals surface area contributed by atoms with E-state index in [0.29, 0.717) is 12.2 Å². The first-order chi connectivity index (χ1) is 9.41. The molecule has 20 heavy (non-hydrogen) atoms. The molecule has 9 heteroatoms. The zero-order valence-corrected chi connectivity index (χ0v) is 10.9. The predicted molar refractivity (Wildman–Crippen MR) is 65.8 cm³/mol. The number of aryl methyl sites for hydroxylation is 1. The van der Waals surface area contributed by atoms with Crippen LogP contribution in [0.1, 0.15) is 19.0 Å². The summed E-state index contributed by atoms with van der Waals surface area (Å²) in [5, 5.41) is 10.1. The largest absolute Gasteiger partial charge is 0.433 e. The molecule has 0 amide bonds. The van der Waals surface area contributed by atoms with Crippen LogP contribution in [0.5, 0.6) is 0 Å². The molecule has 0 saturated carbocycles. The van der Waals surface area contributed by atoms with E-state index in [0.717, 1.165) is 12.5 Å². The molecule has 0 aliphatic heterocycles. The Kier molecular flexibility index (Phi) is 3.86. The highest BCUT2D eigenvalue weighted by atomic mass is 19.4. The molecule has 0 atom stereocenters. The first-order valence-corrected chi connectivity index (χ1v) is 5.97. The van der Waals surface area contributed by atoms with Gasteiger partial charge < -0.3 is 5.32 Å². The Morgan fingerprint density at radius 1 is 1.30 bits per heavy atom. The summed E-state index contributed by atoms with van der Waals surface area (Å²) in [7, 11) is 1.58. The van der Waals surface area contributed by atoms with E-state index in [2.05, 4.69) is 25.6 Å². The summed E-state index contributed by atoms with van der Waals surface area (Å²) in [4.78, 5) is 7.55. The Hall–Kier alpha value is -2.19. The molecule has 6 nitrogen and oxygen atoms in total. The van der Waals surface area contributed by atoms with Gasteiger partial charge in [0, 0.05) is 13.6 Å². The molecule has 2 heterocycles. The van der Waals surface area contributed by atoms with Crippen LogP contribution >= 0.6 is 0 Å². The molecule has 2 aromatic rings. The highest BCUT2D eigenvalue weighted by molar-refractivity contribution is 5.55. The van der Waals surface area contributed by atoms with Gasteiger partial charge in [-0.1, -0.05) is 12.1 Å². The molecule has 0 bridgehead atoms. The summed E-state index contributed by atoms with van der Waals surface area (Å²) in [6.07, 6.45) is -2.43. The van der Waals surface area contributed by atoms with Crippen LogP contribution in [0.25, 0.3) is 11.4 Å². The predicted octanol–water partition coefficient (Wildman–Crippen LogP) is 2.11. The van der Waals surface area contributed by atoms with E-state index < -0.39 is 11.9 Å². The minimum Gasteiger partial charge on any atom is -0.354 e. The van der Waals surface area contributed by atoms with Gasteiger partial charge in [0.05, 0.1) is 11.9 Å². The van der Waals surface area contributed by atoms with Crippen LogP contribution in [0.2, 0.25) is 0 Å². The van der Waals surface area contributed by atoms with Gasteiger partial charge in [-0.15, -0.1) is 5.10 Å². The Morgan fingerprint density at radius 3 is 2.60 bits per heavy atom. The molecular weight excluding hydrogens is 273 g/mol. The maximum atomic E-state index is 12.9. The Balaban J connectivity index is 2.48. The second-order valence-electron chi connectivity index (χ2n) is 4.13. The molecule has 0 aromatic carbocycles. The van der Waals surface area contributed by atoms with E-state index in [1.54, 1.807) is 7.05 Å². The van der Waals surface area contributed by atoms with Crippen molar-refractivity contribution in [3.8, 4) is 11.4 Å². The van der Waals surface area contributed by atoms with Crippen molar-refractivity contribution in [3.05, 3.63) is 18.0 Å². The fraction of sp³-hybridized carbons (Fsp3) is 0.455. The van der Waals surface area contributed by atoms with Crippen LogP contribution in [0, 0.1) is 0 Å². The van der Waals surface area contributed by atoms with Crippen molar-refractivity contribution in [2.75, 3.05) is 11.9 Å². The number of hydrogen-bond donors (Lipinski definition) is 1. The fourth-order valence-corrected chi connectivity index (χ4v) is 1.56. The molecule has 0 aliphatic carbocycles. The van der Waals surface area contributed by atoms with Gasteiger partial charge in [0.15, 0.2) is 5.69 Å². The smallest absolute Gasteiger partial charge is 0.354 e. The van der Waals surface area contributed by atoms with Gasteiger partial charge >= 0.3 is 6.18 Å². The lowest BCUT2D eigenvalue weighted by atomic mass is 10.2. The summed E-state index contributed by atoms with van der Waals surface area (Å²) in [5.41, 5.74) is -0.488. The van der Waals surface area contributed by atoms with E-state index >= 15 is 0 Å². The van der Waals surface area contributed by atoms with Crippen molar-refractivity contribution in [1.82, 2.24) is 25.0 Å². The topological polar surface area (TPSA) is 68.5 Å². The summed E-state index contributed by atoms with van der Waals surface area (Å²) >= 11 is 0. The monoisotopic (exact) mass is 286 g/mol. The molecule has 0 spiro atoms. The zero-order valence-electron chi connectivity index (χ0n) is 10.9. The van der Waals surface area contributed by atoms with Gasteiger partial charge in [-0.25, -0.2) is 14.6 Å². The molecular formula is C11H13F3N6. The highest BCUT2D eigenvalue weighted by Crippen LogP contribution is 2.30. The number of anilines is 1. The van der Waals surface area contributed by atoms with E-state index in [1.165, 1.54) is 10.9 Å². The lowest BCUT2D eigenvalue weighted by Gasteiger charge is -2.11. The van der Waals surface area contributed by atoms with Gasteiger partial charge in [-0.05, 0) is 12.5 Å². The average Bonchev–Trinajstić information content (AvgIpc) is 2.81. The van der Waals surface area contributed by atoms with Crippen LogP contribution in [0.4, 0.5) is 19.1 Å². The number of halogens is 3. The SMILES string of the molecule is CCCNc1nc(-c2cnnn2C)cc(C(F)(F)F)n1. The summed E-state index contributed by atoms with van der Waals surface area (Å²) in [6.45, 7) is 2.39. The van der Waals surface area contributed by atoms with Gasteiger partial charge in [0.2, 0.25) is 5.95 Å². The molecule has 0 saturated heterocycles. The third-order valence-electron chi connectivity index (χ3n) is 2.53. The van der Waals surface area contributed by atoms with Crippen molar-refractivity contribution in [2.24, 2.45) is 7.05 Å². The molecule has 0 radical (unpaired) electrons. The van der Waals surface area contributed by atoms with Crippen LogP contribution < -0.4 is 5.32 Å². The maximum absolute atomic E-state index is 12.9. The first-order valence-electron chi connectivity index (χ1n) is 5.97. The van der Waals surface area contributed by atoms with Gasteiger partial charge in [0.25, 0.3) is 0 Å². The molecule has 0 unspecified atom stereocenters. The zero-order chi connectivity index (χ0) is 14.8. The van der Waals surface area contributed by atoms with E-state index in [-0.39, 0.29) is 11.6 Å². The number of nitrogens with one attached hydrogen (secondary N) is 1. The standard InChI is InChI=1S/C11H13F3N6/c1-3-4-15-10-17-7(8-6-16-19-20(8)2)5-9(18-10)11(12,13)14/h5-6H,3-4H2,1-2H3,(H,15,17,18). The Bertz CT molecular complexity index is 592. The number of alkyl halides is 3. The number of hydrogen-bond acceptors (Lipinski definition) is 5. The lowest BCUT2D eigenvalue weighted by Crippen LogP contribution is -2.13. The normalized spacial score (nSPS) is 11.7. The van der Waals surface area contributed by atoms with Crippen molar-refractivity contribution < 1.29 is 13.2 Å². The van der Waals surface area contributed by atoms with Crippen molar-refractivity contribution in [1.29, 1.82) is 0 Å². The summed E-state index contributed by atoms with van der Waals surface area (Å²) < 4.78 is 39.9. The van der Waals surface area contributed by atoms with Crippen LogP contribution in [0.15, 0.2) is 12.3 Å². The van der Waals surface area contributed by atoms with E-state index in [4.69, 9.17) is 0 Å². The fourth-order valence-electron chi connectivity index (χ4n) is 1.56. The molecule has 2 rings (SSSR count). The minimum absolute atomic E-state index is 0.0575. The van der Waals surface area contributed by atoms with Crippen LogP contribution in [-0.2, 0) is 13.2 Å². The first kappa shape index (κ1) is 14.2. The third kappa shape index (κ3) is 3.03. The third-order valence-corrected chi connectivity index (χ3v) is 2.53. The highest BCUT2D eigenvalue weighted by Gasteiger charge is 2.34. The van der Waals surface area contributed by atoms with Crippen molar-refractivity contribution in [3.63, 3.8) is 0 Å². The second kappa shape index (κ2) is 5.43. The van der Waals surface area contributed by atoms with Crippen LogP contribution in [-0.4, -0.2) is 31.5 Å². The van der Waals surface area contributed by atoms with Crippen LogP contribution in [0.3, 0.4) is 0 Å². The number of aromatic nitrogens is 5. The second-order valence-corrected chi connectivity index (χ2v) is 4.13. The molecule has 1 N–H and O–H groups in total. The van der Waals surface area contributed by atoms with E-state index in [9.17, 15) is 13.2 Å². The molecule has 2 aromatic heterocycles. The summed E-state index contributed by atoms with van der Waals surface area (Å²) in [6, 6.07) is 0.885. The van der Waals surface area contributed by atoms with Crippen molar-refractivity contribution in [2.45, 2.75) is 19.5 Å². The molecule has 0 fully saturated rings. The van der Waals surface area contributed by atoms with Gasteiger partial charge in [-0.2, -0.15) is 13.2 Å². The van der Waals surface area contributed by atoms with Gasteiger partial charge in [0.1, 0.15) is 5.69 Å². The molecule has 108 valence electrons. The van der Waals surface area contributed by atoms with Gasteiger partial charge in [-0.3, -0.25) is 0 Å². The van der Waals surface area contributed by atoms with E-state index in [1.807, 2.05) is 6.92 Å². The Labute approximate surface area is 113 Å².